The predicted molar refractivity (Wildman–Crippen MR) is 151 cm³/mol. The highest BCUT2D eigenvalue weighted by Crippen LogP contribution is 2.37. The maximum atomic E-state index is 15.4. The topological polar surface area (TPSA) is 97.5 Å². The first kappa shape index (κ1) is 27.3. The van der Waals surface area contributed by atoms with Gasteiger partial charge >= 0.3 is 0 Å². The molecule has 1 aliphatic rings. The molecule has 7 nitrogen and oxygen atoms in total. The van der Waals surface area contributed by atoms with Crippen molar-refractivity contribution in [3.63, 3.8) is 0 Å². The summed E-state index contributed by atoms with van der Waals surface area (Å²) in [5.41, 5.74) is 7.69. The number of carbonyl (C=O) groups excluding carboxylic acids is 2. The van der Waals surface area contributed by atoms with E-state index in [0.29, 0.717) is 22.6 Å². The molecule has 1 unspecified atom stereocenters. The van der Waals surface area contributed by atoms with Crippen LogP contribution in [0.5, 0.6) is 5.75 Å². The summed E-state index contributed by atoms with van der Waals surface area (Å²) >= 11 is 0.841. The molecule has 1 saturated carbocycles. The molecule has 3 N–H and O–H groups in total. The number of anilines is 2. The van der Waals surface area contributed by atoms with Crippen molar-refractivity contribution in [2.45, 2.75) is 37.8 Å². The summed E-state index contributed by atoms with van der Waals surface area (Å²) < 4.78 is 38.5. The van der Waals surface area contributed by atoms with E-state index in [4.69, 9.17) is 10.5 Å². The fraction of sp³-hybridized carbons (Fsp3) is 0.233. The zero-order chi connectivity index (χ0) is 28.2. The van der Waals surface area contributed by atoms with Gasteiger partial charge in [0.1, 0.15) is 34.0 Å². The molecule has 0 spiro atoms. The summed E-state index contributed by atoms with van der Waals surface area (Å²) in [6.07, 6.45) is 3.66. The van der Waals surface area contributed by atoms with E-state index in [-0.39, 0.29) is 22.3 Å². The van der Waals surface area contributed by atoms with Crippen LogP contribution in [0.2, 0.25) is 0 Å². The standard InChI is InChI=1S/C30H28F2N4O3S/c1-39-22-16-12-19(13-17-22)27(29(37)34-21-6-2-3-7-21)36(24-9-5-4-8-23(24)32)30(38)28-25(33)26(35-40-28)18-10-14-20(31)15-11-18/h4-5,8-17,21,27H,2-3,6-7,33H2,1H3,(H,34,37). The average Bonchev–Trinajstić information content (AvgIpc) is 3.62. The lowest BCUT2D eigenvalue weighted by atomic mass is 10.0. The lowest BCUT2D eigenvalue weighted by molar-refractivity contribution is -0.123. The second-order valence-corrected chi connectivity index (χ2v) is 10.3. The largest absolute Gasteiger partial charge is 0.497 e. The van der Waals surface area contributed by atoms with Crippen LogP contribution >= 0.6 is 11.5 Å². The molecule has 206 valence electrons. The van der Waals surface area contributed by atoms with Crippen molar-refractivity contribution < 1.29 is 23.1 Å². The van der Waals surface area contributed by atoms with Crippen LogP contribution in [0.1, 0.15) is 47.0 Å². The molecule has 4 aromatic rings. The van der Waals surface area contributed by atoms with Crippen molar-refractivity contribution >= 4 is 34.7 Å². The summed E-state index contributed by atoms with van der Waals surface area (Å²) in [7, 11) is 1.53. The highest BCUT2D eigenvalue weighted by atomic mass is 32.1. The number of nitrogen functional groups attached to an aromatic ring is 1. The van der Waals surface area contributed by atoms with Crippen molar-refractivity contribution in [3.05, 3.63) is 94.9 Å². The van der Waals surface area contributed by atoms with Crippen LogP contribution in [0.3, 0.4) is 0 Å². The first-order valence-electron chi connectivity index (χ1n) is 12.9. The molecule has 10 heteroatoms. The lowest BCUT2D eigenvalue weighted by Crippen LogP contribution is -2.46. The Hall–Kier alpha value is -4.31. The van der Waals surface area contributed by atoms with Crippen molar-refractivity contribution in [2.75, 3.05) is 17.7 Å². The Balaban J connectivity index is 1.62. The lowest BCUT2D eigenvalue weighted by Gasteiger charge is -2.32. The maximum Gasteiger partial charge on any atom is 0.273 e. The molecule has 1 aromatic heterocycles. The number of para-hydroxylation sites is 1. The SMILES string of the molecule is COc1ccc(C(C(=O)NC2CCCC2)N(C(=O)c2snc(-c3ccc(F)cc3)c2N)c2ccccc2F)cc1. The third-order valence-corrected chi connectivity index (χ3v) is 7.86. The monoisotopic (exact) mass is 562 g/mol. The second kappa shape index (κ2) is 11.8. The van der Waals surface area contributed by atoms with E-state index in [9.17, 15) is 14.0 Å². The third-order valence-electron chi connectivity index (χ3n) is 7.01. The minimum Gasteiger partial charge on any atom is -0.497 e. The number of ether oxygens (including phenoxy) is 1. The van der Waals surface area contributed by atoms with Crippen molar-refractivity contribution in [3.8, 4) is 17.0 Å². The van der Waals surface area contributed by atoms with Crippen molar-refractivity contribution in [1.29, 1.82) is 0 Å². The van der Waals surface area contributed by atoms with Crippen LogP contribution in [-0.4, -0.2) is 29.3 Å². The number of hydrogen-bond donors (Lipinski definition) is 2. The molecule has 1 aliphatic carbocycles. The van der Waals surface area contributed by atoms with Gasteiger partial charge in [-0.2, -0.15) is 4.37 Å². The first-order valence-corrected chi connectivity index (χ1v) is 13.7. The third kappa shape index (κ3) is 5.53. The quantitative estimate of drug-likeness (QED) is 0.269. The minimum atomic E-state index is -1.22. The Kier molecular flexibility index (Phi) is 8.06. The van der Waals surface area contributed by atoms with Crippen LogP contribution in [0, 0.1) is 11.6 Å². The molecule has 1 fully saturated rings. The number of hydrogen-bond acceptors (Lipinski definition) is 6. The zero-order valence-corrected chi connectivity index (χ0v) is 22.6. The number of halogens is 2. The summed E-state index contributed by atoms with van der Waals surface area (Å²) in [4.78, 5) is 29.4. The number of amides is 2. The maximum absolute atomic E-state index is 15.4. The van der Waals surface area contributed by atoms with Crippen LogP contribution in [-0.2, 0) is 4.79 Å². The molecule has 5 rings (SSSR count). The number of nitrogens with two attached hydrogens (primary N) is 1. The highest BCUT2D eigenvalue weighted by molar-refractivity contribution is 7.09. The number of nitrogens with zero attached hydrogens (tertiary/aromatic N) is 2. The molecule has 0 bridgehead atoms. The van der Waals surface area contributed by atoms with Gasteiger partial charge < -0.3 is 15.8 Å². The molecule has 40 heavy (non-hydrogen) atoms. The van der Waals surface area contributed by atoms with Gasteiger partial charge in [0, 0.05) is 11.6 Å². The molecule has 1 atom stereocenters. The number of rotatable bonds is 8. The Labute approximate surface area is 234 Å². The van der Waals surface area contributed by atoms with E-state index in [1.807, 2.05) is 0 Å². The summed E-state index contributed by atoms with van der Waals surface area (Å²) in [5.74, 6) is -1.65. The number of carbonyl (C=O) groups is 2. The molecule has 1 heterocycles. The summed E-state index contributed by atoms with van der Waals surface area (Å²) in [6.45, 7) is 0. The van der Waals surface area contributed by atoms with Gasteiger partial charge in [-0.15, -0.1) is 0 Å². The van der Waals surface area contributed by atoms with E-state index in [1.165, 1.54) is 49.6 Å². The van der Waals surface area contributed by atoms with Gasteiger partial charge in [-0.25, -0.2) is 8.78 Å². The van der Waals surface area contributed by atoms with E-state index in [1.54, 1.807) is 30.3 Å². The van der Waals surface area contributed by atoms with Gasteiger partial charge in [0.2, 0.25) is 5.91 Å². The van der Waals surface area contributed by atoms with Crippen LogP contribution < -0.4 is 20.7 Å². The zero-order valence-electron chi connectivity index (χ0n) is 21.8. The van der Waals surface area contributed by atoms with E-state index in [0.717, 1.165) is 42.1 Å². The predicted octanol–water partition coefficient (Wildman–Crippen LogP) is 6.13. The van der Waals surface area contributed by atoms with Crippen LogP contribution in [0.4, 0.5) is 20.2 Å². The average molecular weight is 563 g/mol. The molecule has 0 radical (unpaired) electrons. The van der Waals surface area contributed by atoms with Crippen LogP contribution in [0.25, 0.3) is 11.3 Å². The summed E-state index contributed by atoms with van der Waals surface area (Å²) in [5, 5.41) is 3.07. The molecule has 0 saturated heterocycles. The van der Waals surface area contributed by atoms with Gasteiger partial charge in [0.25, 0.3) is 5.91 Å². The van der Waals surface area contributed by atoms with Crippen molar-refractivity contribution in [1.82, 2.24) is 9.69 Å². The normalized spacial score (nSPS) is 14.1. The number of nitrogens with one attached hydrogen (secondary N) is 1. The molecule has 3 aromatic carbocycles. The molecular weight excluding hydrogens is 534 g/mol. The fourth-order valence-electron chi connectivity index (χ4n) is 4.94. The van der Waals surface area contributed by atoms with Crippen LogP contribution in [0.15, 0.2) is 72.8 Å². The smallest absolute Gasteiger partial charge is 0.273 e. The second-order valence-electron chi connectivity index (χ2n) is 9.57. The minimum absolute atomic E-state index is 0.0368. The highest BCUT2D eigenvalue weighted by Gasteiger charge is 2.38. The Morgan fingerprint density at radius 3 is 2.35 bits per heavy atom. The van der Waals surface area contributed by atoms with Crippen molar-refractivity contribution in [2.24, 2.45) is 0 Å². The molecule has 0 aliphatic heterocycles. The van der Waals surface area contributed by atoms with Gasteiger partial charge in [-0.3, -0.25) is 14.5 Å². The molecule has 2 amide bonds. The van der Waals surface area contributed by atoms with E-state index < -0.39 is 29.5 Å². The van der Waals surface area contributed by atoms with E-state index in [2.05, 4.69) is 9.69 Å². The summed E-state index contributed by atoms with van der Waals surface area (Å²) in [6, 6.07) is 16.8. The number of methoxy groups -OCH3 is 1. The fourth-order valence-corrected chi connectivity index (χ4v) is 5.70. The van der Waals surface area contributed by atoms with Gasteiger partial charge in [-0.05, 0) is 78.5 Å². The Morgan fingerprint density at radius 2 is 1.70 bits per heavy atom. The van der Waals surface area contributed by atoms with Gasteiger partial charge in [0.15, 0.2) is 0 Å². The number of aromatic nitrogens is 1. The number of benzene rings is 3. The first-order chi connectivity index (χ1) is 19.4. The molecular formula is C30H28F2N4O3S. The Bertz CT molecular complexity index is 1500. The van der Waals surface area contributed by atoms with E-state index >= 15 is 4.39 Å². The van der Waals surface area contributed by atoms with Gasteiger partial charge in [-0.1, -0.05) is 37.1 Å². The Morgan fingerprint density at radius 1 is 1.02 bits per heavy atom. The van der Waals surface area contributed by atoms with Gasteiger partial charge in [0.05, 0.1) is 18.5 Å².